The van der Waals surface area contributed by atoms with E-state index in [0.717, 1.165) is 24.0 Å². The second kappa shape index (κ2) is 9.79. The summed E-state index contributed by atoms with van der Waals surface area (Å²) in [5.41, 5.74) is 8.16. The lowest BCUT2D eigenvalue weighted by Gasteiger charge is -2.27. The van der Waals surface area contributed by atoms with Crippen LogP contribution >= 0.6 is 0 Å². The number of nitriles is 1. The van der Waals surface area contributed by atoms with Crippen LogP contribution in [-0.2, 0) is 25.6 Å². The predicted octanol–water partition coefficient (Wildman–Crippen LogP) is 3.65. The number of carbonyl (C=O) groups is 1. The molecule has 1 unspecified atom stereocenters. The van der Waals surface area contributed by atoms with Crippen molar-refractivity contribution in [3.8, 4) is 6.07 Å². The van der Waals surface area contributed by atoms with Crippen LogP contribution in [0.5, 0.6) is 0 Å². The molecule has 6 heteroatoms. The van der Waals surface area contributed by atoms with Gasteiger partial charge >= 0.3 is 5.97 Å². The zero-order chi connectivity index (χ0) is 19.8. The number of unbranched alkanes of at least 4 members (excludes halogenated alkanes) is 1. The van der Waals surface area contributed by atoms with Crippen LogP contribution in [0.1, 0.15) is 50.7 Å². The second-order valence-electron chi connectivity index (χ2n) is 6.27. The third kappa shape index (κ3) is 4.89. The van der Waals surface area contributed by atoms with Crippen molar-refractivity contribution in [2.24, 2.45) is 5.73 Å². The summed E-state index contributed by atoms with van der Waals surface area (Å²) >= 11 is 0. The fourth-order valence-corrected chi connectivity index (χ4v) is 2.99. The van der Waals surface area contributed by atoms with Gasteiger partial charge in [-0.2, -0.15) is 5.26 Å². The first-order valence-corrected chi connectivity index (χ1v) is 9.15. The van der Waals surface area contributed by atoms with E-state index in [1.54, 1.807) is 13.8 Å². The van der Waals surface area contributed by atoms with Crippen LogP contribution < -0.4 is 5.73 Å². The minimum atomic E-state index is -0.626. The predicted molar refractivity (Wildman–Crippen MR) is 101 cm³/mol. The van der Waals surface area contributed by atoms with Crippen molar-refractivity contribution in [2.75, 3.05) is 13.2 Å². The van der Waals surface area contributed by atoms with Crippen LogP contribution in [0, 0.1) is 11.3 Å². The Morgan fingerprint density at radius 1 is 1.37 bits per heavy atom. The van der Waals surface area contributed by atoms with Crippen molar-refractivity contribution in [2.45, 2.75) is 46.1 Å². The highest BCUT2D eigenvalue weighted by atomic mass is 16.5. The first-order valence-electron chi connectivity index (χ1n) is 9.15. The van der Waals surface area contributed by atoms with Gasteiger partial charge in [0.05, 0.1) is 24.7 Å². The number of nitrogens with two attached hydrogens (primary N) is 1. The Balaban J connectivity index is 2.39. The lowest BCUT2D eigenvalue weighted by Crippen LogP contribution is -2.25. The van der Waals surface area contributed by atoms with E-state index in [4.69, 9.17) is 19.9 Å². The number of hydrogen-bond acceptors (Lipinski definition) is 6. The lowest BCUT2D eigenvalue weighted by molar-refractivity contribution is -0.139. The van der Waals surface area contributed by atoms with Gasteiger partial charge in [0, 0.05) is 6.61 Å². The molecule has 1 aliphatic heterocycles. The fraction of sp³-hybridized carbons (Fsp3) is 0.429. The maximum atomic E-state index is 12.5. The molecule has 0 spiro atoms. The number of rotatable bonds is 8. The van der Waals surface area contributed by atoms with E-state index in [9.17, 15) is 10.1 Å². The standard InChI is InChI=1S/C21H26N2O4/c1-4-6-10-25-13-15-8-7-9-16(11-15)19-17(12-22)20(23)27-14(3)18(19)21(24)26-5-2/h7-9,11,19H,4-6,10,13,23H2,1-3H3. The van der Waals surface area contributed by atoms with Crippen LogP contribution in [0.4, 0.5) is 0 Å². The molecule has 27 heavy (non-hydrogen) atoms. The molecular weight excluding hydrogens is 344 g/mol. The van der Waals surface area contributed by atoms with Gasteiger partial charge in [-0.15, -0.1) is 0 Å². The average Bonchev–Trinajstić information content (AvgIpc) is 2.65. The third-order valence-electron chi connectivity index (χ3n) is 4.30. The Labute approximate surface area is 160 Å². The Hall–Kier alpha value is -2.78. The molecule has 1 aromatic carbocycles. The molecule has 1 aromatic rings. The van der Waals surface area contributed by atoms with Gasteiger partial charge in [-0.05, 0) is 31.4 Å². The SMILES string of the molecule is CCCCOCc1cccc(C2C(C#N)=C(N)OC(C)=C2C(=O)OCC)c1. The molecule has 0 bridgehead atoms. The molecule has 0 amide bonds. The van der Waals surface area contributed by atoms with Gasteiger partial charge in [-0.3, -0.25) is 0 Å². The quantitative estimate of drug-likeness (QED) is 0.554. The van der Waals surface area contributed by atoms with Gasteiger partial charge < -0.3 is 19.9 Å². The first-order chi connectivity index (χ1) is 13.0. The largest absolute Gasteiger partial charge is 0.463 e. The molecule has 0 saturated heterocycles. The molecule has 1 atom stereocenters. The number of hydrogen-bond donors (Lipinski definition) is 1. The van der Waals surface area contributed by atoms with E-state index in [-0.39, 0.29) is 18.1 Å². The smallest absolute Gasteiger partial charge is 0.338 e. The van der Waals surface area contributed by atoms with E-state index in [1.165, 1.54) is 0 Å². The summed E-state index contributed by atoms with van der Waals surface area (Å²) in [4.78, 5) is 12.5. The Morgan fingerprint density at radius 3 is 2.81 bits per heavy atom. The van der Waals surface area contributed by atoms with Crippen LogP contribution in [0.3, 0.4) is 0 Å². The molecule has 0 aliphatic carbocycles. The van der Waals surface area contributed by atoms with E-state index in [1.807, 2.05) is 24.3 Å². The molecule has 1 heterocycles. The first kappa shape index (κ1) is 20.5. The zero-order valence-corrected chi connectivity index (χ0v) is 16.1. The topological polar surface area (TPSA) is 94.6 Å². The van der Waals surface area contributed by atoms with Gasteiger partial charge in [-0.1, -0.05) is 37.6 Å². The normalized spacial score (nSPS) is 16.7. The van der Waals surface area contributed by atoms with E-state index in [0.29, 0.717) is 24.5 Å². The summed E-state index contributed by atoms with van der Waals surface area (Å²) in [7, 11) is 0. The Bertz CT molecular complexity index is 790. The summed E-state index contributed by atoms with van der Waals surface area (Å²) in [5.74, 6) is -0.777. The molecule has 2 rings (SSSR count). The van der Waals surface area contributed by atoms with Crippen molar-refractivity contribution >= 4 is 5.97 Å². The summed E-state index contributed by atoms with van der Waals surface area (Å²) in [5, 5.41) is 9.61. The van der Waals surface area contributed by atoms with Crippen molar-refractivity contribution in [1.82, 2.24) is 0 Å². The molecule has 0 fully saturated rings. The number of nitrogens with zero attached hydrogens (tertiary/aromatic N) is 1. The van der Waals surface area contributed by atoms with E-state index < -0.39 is 11.9 Å². The minimum Gasteiger partial charge on any atom is -0.463 e. The molecule has 0 radical (unpaired) electrons. The zero-order valence-electron chi connectivity index (χ0n) is 16.1. The van der Waals surface area contributed by atoms with Crippen LogP contribution in [-0.4, -0.2) is 19.2 Å². The summed E-state index contributed by atoms with van der Waals surface area (Å²) in [6, 6.07) is 9.71. The number of benzene rings is 1. The van der Waals surface area contributed by atoms with Crippen molar-refractivity contribution in [1.29, 1.82) is 5.26 Å². The molecule has 2 N–H and O–H groups in total. The Morgan fingerprint density at radius 2 is 2.15 bits per heavy atom. The molecule has 144 valence electrons. The van der Waals surface area contributed by atoms with E-state index in [2.05, 4.69) is 13.0 Å². The van der Waals surface area contributed by atoms with E-state index >= 15 is 0 Å². The highest BCUT2D eigenvalue weighted by molar-refractivity contribution is 5.92. The molecule has 0 saturated carbocycles. The molecular formula is C21H26N2O4. The highest BCUT2D eigenvalue weighted by Gasteiger charge is 2.36. The van der Waals surface area contributed by atoms with Crippen molar-refractivity contribution in [3.63, 3.8) is 0 Å². The number of esters is 1. The Kier molecular flexibility index (Phi) is 7.44. The monoisotopic (exact) mass is 370 g/mol. The van der Waals surface area contributed by atoms with Gasteiger partial charge in [-0.25, -0.2) is 4.79 Å². The number of carbonyl (C=O) groups excluding carboxylic acids is 1. The fourth-order valence-electron chi connectivity index (χ4n) is 2.99. The maximum Gasteiger partial charge on any atom is 0.338 e. The van der Waals surface area contributed by atoms with Gasteiger partial charge in [0.1, 0.15) is 17.4 Å². The third-order valence-corrected chi connectivity index (χ3v) is 4.30. The van der Waals surface area contributed by atoms with Crippen LogP contribution in [0.25, 0.3) is 0 Å². The van der Waals surface area contributed by atoms with Gasteiger partial charge in [0.25, 0.3) is 0 Å². The summed E-state index contributed by atoms with van der Waals surface area (Å²) in [6.07, 6.45) is 2.08. The van der Waals surface area contributed by atoms with Crippen LogP contribution in [0.15, 0.2) is 47.1 Å². The van der Waals surface area contributed by atoms with Gasteiger partial charge in [0.15, 0.2) is 0 Å². The number of ether oxygens (including phenoxy) is 3. The van der Waals surface area contributed by atoms with Crippen molar-refractivity contribution < 1.29 is 19.0 Å². The molecule has 1 aliphatic rings. The van der Waals surface area contributed by atoms with Crippen molar-refractivity contribution in [3.05, 3.63) is 58.2 Å². The maximum absolute atomic E-state index is 12.5. The second-order valence-corrected chi connectivity index (χ2v) is 6.27. The molecule has 0 aromatic heterocycles. The number of allylic oxidation sites excluding steroid dienone is 2. The van der Waals surface area contributed by atoms with Crippen LogP contribution in [0.2, 0.25) is 0 Å². The summed E-state index contributed by atoms with van der Waals surface area (Å²) < 4.78 is 16.3. The lowest BCUT2D eigenvalue weighted by atomic mass is 9.82. The minimum absolute atomic E-state index is 0.0117. The highest BCUT2D eigenvalue weighted by Crippen LogP contribution is 2.39. The van der Waals surface area contributed by atoms with Gasteiger partial charge in [0.2, 0.25) is 5.88 Å². The average molecular weight is 370 g/mol. The summed E-state index contributed by atoms with van der Waals surface area (Å²) in [6.45, 7) is 6.89. The molecule has 6 nitrogen and oxygen atoms in total.